The third-order valence-corrected chi connectivity index (χ3v) is 2.45. The molecule has 0 spiro atoms. The van der Waals surface area contributed by atoms with E-state index in [1.807, 2.05) is 30.3 Å². The third kappa shape index (κ3) is 2.77. The van der Waals surface area contributed by atoms with Crippen molar-refractivity contribution in [1.82, 2.24) is 9.97 Å². The minimum Gasteiger partial charge on any atom is -0.299 e. The van der Waals surface area contributed by atoms with E-state index in [9.17, 15) is 4.79 Å². The maximum Gasteiger partial charge on any atom is 0.222 e. The van der Waals surface area contributed by atoms with Gasteiger partial charge in [0, 0.05) is 18.0 Å². The van der Waals surface area contributed by atoms with Crippen molar-refractivity contribution in [3.63, 3.8) is 0 Å². The van der Waals surface area contributed by atoms with Crippen molar-refractivity contribution in [2.75, 3.05) is 0 Å². The summed E-state index contributed by atoms with van der Waals surface area (Å²) in [5.74, 6) is 0. The summed E-state index contributed by atoms with van der Waals surface area (Å²) in [7, 11) is 0. The molecule has 3 nitrogen and oxygen atoms in total. The number of hydrogen-bond acceptors (Lipinski definition) is 3. The van der Waals surface area contributed by atoms with Gasteiger partial charge in [0.1, 0.15) is 6.29 Å². The number of hydrogen-bond donors (Lipinski definition) is 0. The van der Waals surface area contributed by atoms with Gasteiger partial charge in [0.15, 0.2) is 0 Å². The first kappa shape index (κ1) is 11.5. The van der Waals surface area contributed by atoms with Crippen LogP contribution in [0, 0.1) is 0 Å². The van der Waals surface area contributed by atoms with Crippen molar-refractivity contribution in [2.45, 2.75) is 0 Å². The first-order chi connectivity index (χ1) is 8.31. The summed E-state index contributed by atoms with van der Waals surface area (Å²) in [6.45, 7) is 0. The maximum atomic E-state index is 10.7. The molecule has 0 unspecified atom stereocenters. The molecule has 84 valence electrons. The molecule has 1 aromatic carbocycles. The monoisotopic (exact) mass is 244 g/mol. The molecule has 1 heterocycles. The van der Waals surface area contributed by atoms with Gasteiger partial charge in [-0.25, -0.2) is 9.97 Å². The summed E-state index contributed by atoms with van der Waals surface area (Å²) in [5, 5.41) is 0.187. The Morgan fingerprint density at radius 1 is 1.06 bits per heavy atom. The Balaban J connectivity index is 2.47. The second-order valence-corrected chi connectivity index (χ2v) is 3.66. The Morgan fingerprint density at radius 3 is 2.29 bits per heavy atom. The van der Waals surface area contributed by atoms with Crippen LogP contribution >= 0.6 is 11.6 Å². The van der Waals surface area contributed by atoms with E-state index in [0.717, 1.165) is 23.0 Å². The lowest BCUT2D eigenvalue weighted by Crippen LogP contribution is -1.91. The predicted octanol–water partition coefficient (Wildman–Crippen LogP) is 2.76. The molecule has 1 aromatic heterocycles. The second kappa shape index (κ2) is 5.37. The Bertz CT molecular complexity index is 535. The highest BCUT2D eigenvalue weighted by Gasteiger charge is 2.05. The summed E-state index contributed by atoms with van der Waals surface area (Å²) in [6, 6.07) is 9.57. The highest BCUT2D eigenvalue weighted by atomic mass is 35.5. The Kier molecular flexibility index (Phi) is 3.62. The van der Waals surface area contributed by atoms with Crippen molar-refractivity contribution < 1.29 is 4.79 Å². The zero-order valence-electron chi connectivity index (χ0n) is 8.88. The number of rotatable bonds is 3. The average molecular weight is 245 g/mol. The molecule has 0 saturated heterocycles. The summed E-state index contributed by atoms with van der Waals surface area (Å²) < 4.78 is 0. The van der Waals surface area contributed by atoms with E-state index in [2.05, 4.69) is 9.97 Å². The molecule has 0 N–H and O–H groups in total. The SMILES string of the molecule is O=CC=C(c1ccccc1)c1cnc(Cl)nc1. The first-order valence-electron chi connectivity index (χ1n) is 5.00. The summed E-state index contributed by atoms with van der Waals surface area (Å²) in [5.41, 5.74) is 2.47. The zero-order valence-corrected chi connectivity index (χ0v) is 9.63. The minimum atomic E-state index is 0.187. The lowest BCUT2D eigenvalue weighted by molar-refractivity contribution is -0.104. The van der Waals surface area contributed by atoms with Crippen LogP contribution < -0.4 is 0 Å². The van der Waals surface area contributed by atoms with Crippen molar-refractivity contribution in [2.24, 2.45) is 0 Å². The number of nitrogens with zero attached hydrogens (tertiary/aromatic N) is 2. The molecule has 0 radical (unpaired) electrons. The predicted molar refractivity (Wildman–Crippen MR) is 66.6 cm³/mol. The maximum absolute atomic E-state index is 10.7. The van der Waals surface area contributed by atoms with Crippen LogP contribution in [0.15, 0.2) is 48.8 Å². The standard InChI is InChI=1S/C13H9ClN2O/c14-13-15-8-11(9-16-13)12(6-7-17)10-4-2-1-3-5-10/h1-9H. The number of halogens is 1. The van der Waals surface area contributed by atoms with Crippen LogP contribution in [0.2, 0.25) is 5.28 Å². The molecule has 0 bridgehead atoms. The van der Waals surface area contributed by atoms with Gasteiger partial charge in [-0.1, -0.05) is 30.3 Å². The molecule has 17 heavy (non-hydrogen) atoms. The van der Waals surface area contributed by atoms with Gasteiger partial charge in [0.25, 0.3) is 0 Å². The molecule has 0 aliphatic heterocycles. The zero-order chi connectivity index (χ0) is 12.1. The molecule has 2 aromatic rings. The Labute approximate surface area is 104 Å². The third-order valence-electron chi connectivity index (χ3n) is 2.25. The highest BCUT2D eigenvalue weighted by Crippen LogP contribution is 2.21. The molecule has 0 amide bonds. The topological polar surface area (TPSA) is 42.9 Å². The van der Waals surface area contributed by atoms with Crippen molar-refractivity contribution >= 4 is 23.5 Å². The number of carbonyl (C=O) groups is 1. The van der Waals surface area contributed by atoms with Crippen molar-refractivity contribution in [3.05, 3.63) is 65.2 Å². The van der Waals surface area contributed by atoms with Gasteiger partial charge in [-0.05, 0) is 28.8 Å². The summed E-state index contributed by atoms with van der Waals surface area (Å²) in [4.78, 5) is 18.5. The smallest absolute Gasteiger partial charge is 0.222 e. The van der Waals surface area contributed by atoms with E-state index in [1.54, 1.807) is 12.4 Å². The number of benzene rings is 1. The van der Waals surface area contributed by atoms with Crippen LogP contribution in [0.1, 0.15) is 11.1 Å². The van der Waals surface area contributed by atoms with Crippen LogP contribution in [-0.4, -0.2) is 16.3 Å². The van der Waals surface area contributed by atoms with Gasteiger partial charge in [-0.15, -0.1) is 0 Å². The van der Waals surface area contributed by atoms with Gasteiger partial charge in [0.05, 0.1) is 0 Å². The molecule has 0 saturated carbocycles. The van der Waals surface area contributed by atoms with Crippen LogP contribution in [0.4, 0.5) is 0 Å². The first-order valence-corrected chi connectivity index (χ1v) is 5.38. The van der Waals surface area contributed by atoms with Crippen molar-refractivity contribution in [1.29, 1.82) is 0 Å². The van der Waals surface area contributed by atoms with Crippen LogP contribution in [0.5, 0.6) is 0 Å². The largest absolute Gasteiger partial charge is 0.299 e. The molecule has 0 atom stereocenters. The van der Waals surface area contributed by atoms with E-state index in [4.69, 9.17) is 11.6 Å². The van der Waals surface area contributed by atoms with Gasteiger partial charge in [-0.3, -0.25) is 4.79 Å². The number of allylic oxidation sites excluding steroid dienone is 1. The highest BCUT2D eigenvalue weighted by molar-refractivity contribution is 6.28. The van der Waals surface area contributed by atoms with E-state index < -0.39 is 0 Å². The molecular formula is C13H9ClN2O. The summed E-state index contributed by atoms with van der Waals surface area (Å²) >= 11 is 5.63. The Morgan fingerprint density at radius 2 is 1.71 bits per heavy atom. The van der Waals surface area contributed by atoms with E-state index in [-0.39, 0.29) is 5.28 Å². The van der Waals surface area contributed by atoms with Crippen LogP contribution in [0.3, 0.4) is 0 Å². The molecule has 0 aliphatic rings. The number of carbonyl (C=O) groups excluding carboxylic acids is 1. The van der Waals surface area contributed by atoms with Gasteiger partial charge < -0.3 is 0 Å². The van der Waals surface area contributed by atoms with Gasteiger partial charge >= 0.3 is 0 Å². The Hall–Kier alpha value is -2.00. The summed E-state index contributed by atoms with van der Waals surface area (Å²) in [6.07, 6.45) is 5.42. The van der Waals surface area contributed by atoms with Crippen LogP contribution in [0.25, 0.3) is 5.57 Å². The lowest BCUT2D eigenvalue weighted by Gasteiger charge is -2.05. The normalized spacial score (nSPS) is 11.2. The minimum absolute atomic E-state index is 0.187. The van der Waals surface area contributed by atoms with E-state index >= 15 is 0 Å². The molecule has 2 rings (SSSR count). The average Bonchev–Trinajstić information content (AvgIpc) is 2.38. The second-order valence-electron chi connectivity index (χ2n) is 3.32. The fourth-order valence-electron chi connectivity index (χ4n) is 1.50. The molecule has 0 fully saturated rings. The van der Waals surface area contributed by atoms with Gasteiger partial charge in [-0.2, -0.15) is 0 Å². The lowest BCUT2D eigenvalue weighted by atomic mass is 10.0. The van der Waals surface area contributed by atoms with E-state index in [0.29, 0.717) is 0 Å². The van der Waals surface area contributed by atoms with Crippen molar-refractivity contribution in [3.8, 4) is 0 Å². The number of aromatic nitrogens is 2. The quantitative estimate of drug-likeness (QED) is 0.474. The van der Waals surface area contributed by atoms with Gasteiger partial charge in [0.2, 0.25) is 5.28 Å². The number of aldehydes is 1. The molecule has 0 aliphatic carbocycles. The molecular weight excluding hydrogens is 236 g/mol. The fourth-order valence-corrected chi connectivity index (χ4v) is 1.59. The van der Waals surface area contributed by atoms with E-state index in [1.165, 1.54) is 6.08 Å². The van der Waals surface area contributed by atoms with Crippen LogP contribution in [-0.2, 0) is 4.79 Å². The fraction of sp³-hybridized carbons (Fsp3) is 0. The molecule has 4 heteroatoms.